The van der Waals surface area contributed by atoms with E-state index >= 15 is 0 Å². The first-order valence-electron chi connectivity index (χ1n) is 15.8. The van der Waals surface area contributed by atoms with E-state index in [0.717, 1.165) is 25.9 Å². The van der Waals surface area contributed by atoms with Crippen LogP contribution in [0.15, 0.2) is 127 Å². The normalized spacial score (nSPS) is 16.1. The molecule has 0 aliphatic carbocycles. The molecule has 6 rings (SSSR count). The van der Waals surface area contributed by atoms with Crippen molar-refractivity contribution in [3.05, 3.63) is 159 Å². The van der Waals surface area contributed by atoms with Crippen LogP contribution in [0.5, 0.6) is 11.5 Å². The van der Waals surface area contributed by atoms with Crippen molar-refractivity contribution in [1.82, 2.24) is 0 Å². The average Bonchev–Trinajstić information content (AvgIpc) is 3.10. The van der Waals surface area contributed by atoms with Crippen molar-refractivity contribution in [3.8, 4) is 11.5 Å². The van der Waals surface area contributed by atoms with Gasteiger partial charge in [0.05, 0.1) is 12.0 Å². The molecule has 1 amide bonds. The number of esters is 1. The number of hydrogen-bond donors (Lipinski definition) is 0. The number of rotatable bonds is 13. The van der Waals surface area contributed by atoms with Crippen LogP contribution in [0.3, 0.4) is 0 Å². The fraction of sp³-hybridized carbons (Fsp3) is 0.200. The number of amides is 1. The molecule has 5 aromatic carbocycles. The zero-order valence-electron chi connectivity index (χ0n) is 26.4. The molecule has 0 aromatic heterocycles. The third-order valence-corrected chi connectivity index (χ3v) is 9.12. The van der Waals surface area contributed by atoms with Gasteiger partial charge in [-0.1, -0.05) is 72.8 Å². The second-order valence-corrected chi connectivity index (χ2v) is 13.0. The lowest BCUT2D eigenvalue weighted by molar-refractivity contribution is -0.147. The van der Waals surface area contributed by atoms with Crippen LogP contribution in [0.4, 0.5) is 10.1 Å². The molecule has 0 bridgehead atoms. The van der Waals surface area contributed by atoms with Crippen LogP contribution in [-0.4, -0.2) is 11.9 Å². The fourth-order valence-electron chi connectivity index (χ4n) is 6.03. The maximum absolute atomic E-state index is 14.0. The van der Waals surface area contributed by atoms with Crippen molar-refractivity contribution in [1.29, 1.82) is 0 Å². The molecule has 1 aliphatic heterocycles. The predicted molar refractivity (Wildman–Crippen MR) is 191 cm³/mol. The van der Waals surface area contributed by atoms with Crippen molar-refractivity contribution in [2.24, 2.45) is 5.92 Å². The Labute approximate surface area is 293 Å². The molecule has 1 saturated heterocycles. The number of benzene rings is 5. The zero-order valence-corrected chi connectivity index (χ0v) is 28.6. The van der Waals surface area contributed by atoms with E-state index in [1.807, 2.05) is 108 Å². The standard InChI is InChI=1S/C40H35FINO5/c1-27(44)48-37(30-12-14-31(41)15-13-30)23-22-36-39(43(40(36)45)33-18-16-32(42)17-19-33)35-21-20-34(46-25-28-8-4-2-5-9-28)24-38(35)47-26-29-10-6-3-7-11-29/h2-21,24,36-37,39H,22-23,25-26H2,1H3/t36?,37-,39?/m0/s1. The Morgan fingerprint density at radius 3 is 2.06 bits per heavy atom. The van der Waals surface area contributed by atoms with Crippen LogP contribution in [0.1, 0.15) is 54.2 Å². The Kier molecular flexibility index (Phi) is 10.7. The molecule has 244 valence electrons. The number of nitrogens with zero attached hydrogens (tertiary/aromatic N) is 1. The van der Waals surface area contributed by atoms with Gasteiger partial charge in [-0.25, -0.2) is 4.39 Å². The van der Waals surface area contributed by atoms with Gasteiger partial charge in [-0.15, -0.1) is 0 Å². The van der Waals surface area contributed by atoms with Crippen LogP contribution in [0.2, 0.25) is 0 Å². The van der Waals surface area contributed by atoms with E-state index in [4.69, 9.17) is 14.2 Å². The third-order valence-electron chi connectivity index (χ3n) is 8.40. The SMILES string of the molecule is CC(=O)O[C@@H](CCC1C(=O)N(c2ccc(I)cc2)C1c1ccc(OCc2ccccc2)cc1OCc1ccccc1)c1ccc(F)cc1. The van der Waals surface area contributed by atoms with E-state index in [9.17, 15) is 14.0 Å². The van der Waals surface area contributed by atoms with Crippen LogP contribution in [0.25, 0.3) is 0 Å². The molecule has 1 heterocycles. The second kappa shape index (κ2) is 15.5. The first-order chi connectivity index (χ1) is 23.4. The number of carbonyl (C=O) groups is 2. The highest BCUT2D eigenvalue weighted by molar-refractivity contribution is 14.1. The lowest BCUT2D eigenvalue weighted by Gasteiger charge is -2.48. The van der Waals surface area contributed by atoms with Crippen molar-refractivity contribution in [3.63, 3.8) is 0 Å². The topological polar surface area (TPSA) is 65.1 Å². The molecule has 0 radical (unpaired) electrons. The van der Waals surface area contributed by atoms with E-state index in [2.05, 4.69) is 22.6 Å². The molecule has 48 heavy (non-hydrogen) atoms. The van der Waals surface area contributed by atoms with Gasteiger partial charge in [-0.05, 0) is 101 Å². The summed E-state index contributed by atoms with van der Waals surface area (Å²) in [7, 11) is 0. The minimum atomic E-state index is -0.619. The largest absolute Gasteiger partial charge is 0.489 e. The van der Waals surface area contributed by atoms with Crippen LogP contribution < -0.4 is 14.4 Å². The van der Waals surface area contributed by atoms with Gasteiger partial charge < -0.3 is 19.1 Å². The Morgan fingerprint density at radius 1 is 0.812 bits per heavy atom. The lowest BCUT2D eigenvalue weighted by Crippen LogP contribution is -2.55. The molecule has 3 atom stereocenters. The Bertz CT molecular complexity index is 1830. The van der Waals surface area contributed by atoms with E-state index in [1.165, 1.54) is 19.1 Å². The van der Waals surface area contributed by atoms with Crippen molar-refractivity contribution in [2.75, 3.05) is 4.90 Å². The van der Waals surface area contributed by atoms with Gasteiger partial charge in [0.2, 0.25) is 5.91 Å². The summed E-state index contributed by atoms with van der Waals surface area (Å²) in [4.78, 5) is 27.8. The minimum Gasteiger partial charge on any atom is -0.489 e. The molecular formula is C40H35FINO5. The zero-order chi connectivity index (χ0) is 33.5. The minimum absolute atomic E-state index is 0.0275. The molecule has 0 spiro atoms. The summed E-state index contributed by atoms with van der Waals surface area (Å²) < 4.78 is 33.1. The predicted octanol–water partition coefficient (Wildman–Crippen LogP) is 9.38. The monoisotopic (exact) mass is 755 g/mol. The number of anilines is 1. The van der Waals surface area contributed by atoms with Gasteiger partial charge in [0, 0.05) is 27.8 Å². The summed E-state index contributed by atoms with van der Waals surface area (Å²) in [5.74, 6) is 0.0154. The fourth-order valence-corrected chi connectivity index (χ4v) is 6.39. The second-order valence-electron chi connectivity index (χ2n) is 11.7. The van der Waals surface area contributed by atoms with Crippen LogP contribution >= 0.6 is 22.6 Å². The number of halogens is 2. The summed E-state index contributed by atoms with van der Waals surface area (Å²) in [5, 5.41) is 0. The summed E-state index contributed by atoms with van der Waals surface area (Å²) in [6, 6.07) is 39.1. The molecule has 0 N–H and O–H groups in total. The lowest BCUT2D eigenvalue weighted by atomic mass is 9.78. The Hall–Kier alpha value is -4.70. The summed E-state index contributed by atoms with van der Waals surface area (Å²) >= 11 is 2.25. The van der Waals surface area contributed by atoms with Crippen LogP contribution in [-0.2, 0) is 27.5 Å². The van der Waals surface area contributed by atoms with Gasteiger partial charge >= 0.3 is 5.97 Å². The molecule has 1 aliphatic rings. The third kappa shape index (κ3) is 8.05. The van der Waals surface area contributed by atoms with Crippen LogP contribution in [0, 0.1) is 15.3 Å². The highest BCUT2D eigenvalue weighted by atomic mass is 127. The maximum atomic E-state index is 14.0. The first-order valence-corrected chi connectivity index (χ1v) is 16.9. The van der Waals surface area contributed by atoms with Gasteiger partial charge in [0.1, 0.15) is 36.6 Å². The van der Waals surface area contributed by atoms with Crippen molar-refractivity contribution < 1.29 is 28.2 Å². The van der Waals surface area contributed by atoms with Gasteiger partial charge in [-0.2, -0.15) is 0 Å². The van der Waals surface area contributed by atoms with E-state index < -0.39 is 18.0 Å². The highest BCUT2D eigenvalue weighted by Crippen LogP contribution is 2.49. The molecule has 0 saturated carbocycles. The number of carbonyl (C=O) groups excluding carboxylic acids is 2. The summed E-state index contributed by atoms with van der Waals surface area (Å²) in [5.41, 5.74) is 4.38. The Morgan fingerprint density at radius 2 is 1.44 bits per heavy atom. The summed E-state index contributed by atoms with van der Waals surface area (Å²) in [6.45, 7) is 2.09. The van der Waals surface area contributed by atoms with E-state index in [-0.39, 0.29) is 17.8 Å². The molecule has 8 heteroatoms. The molecule has 1 fully saturated rings. The van der Waals surface area contributed by atoms with Crippen molar-refractivity contribution in [2.45, 2.75) is 45.1 Å². The van der Waals surface area contributed by atoms with Gasteiger partial charge in [-0.3, -0.25) is 9.59 Å². The first kappa shape index (κ1) is 33.2. The molecule has 5 aromatic rings. The average molecular weight is 756 g/mol. The molecular weight excluding hydrogens is 720 g/mol. The molecule has 2 unspecified atom stereocenters. The smallest absolute Gasteiger partial charge is 0.303 e. The highest BCUT2D eigenvalue weighted by Gasteiger charge is 2.49. The maximum Gasteiger partial charge on any atom is 0.303 e. The van der Waals surface area contributed by atoms with Gasteiger partial charge in [0.15, 0.2) is 0 Å². The van der Waals surface area contributed by atoms with Gasteiger partial charge in [0.25, 0.3) is 0 Å². The quantitative estimate of drug-likeness (QED) is 0.0681. The van der Waals surface area contributed by atoms with Crippen molar-refractivity contribution >= 4 is 40.2 Å². The summed E-state index contributed by atoms with van der Waals surface area (Å²) in [6.07, 6.45) is 0.202. The molecule has 6 nitrogen and oxygen atoms in total. The number of β-lactam (4-membered cyclic amide) rings is 1. The van der Waals surface area contributed by atoms with E-state index in [1.54, 1.807) is 12.1 Å². The number of hydrogen-bond acceptors (Lipinski definition) is 5. The number of ether oxygens (including phenoxy) is 3. The Balaban J connectivity index is 1.33. The van der Waals surface area contributed by atoms with E-state index in [0.29, 0.717) is 43.1 Å².